The Morgan fingerprint density at radius 1 is 1.40 bits per heavy atom. The molecule has 0 bridgehead atoms. The Balaban J connectivity index is 1.85. The van der Waals surface area contributed by atoms with Crippen molar-refractivity contribution in [3.8, 4) is 0 Å². The van der Waals surface area contributed by atoms with Crippen LogP contribution >= 0.6 is 0 Å². The largest absolute Gasteiger partial charge is 0.365 e. The predicted octanol–water partition coefficient (Wildman–Crippen LogP) is 0.376. The van der Waals surface area contributed by atoms with Gasteiger partial charge in [-0.3, -0.25) is 4.79 Å². The maximum absolute atomic E-state index is 12.0. The van der Waals surface area contributed by atoms with Gasteiger partial charge in [0.25, 0.3) is 5.91 Å². The molecule has 4 heteroatoms. The quantitative estimate of drug-likeness (QED) is 0.719. The summed E-state index contributed by atoms with van der Waals surface area (Å²) in [4.78, 5) is 14.0. The summed E-state index contributed by atoms with van der Waals surface area (Å²) in [6.45, 7) is 5.60. The molecule has 0 aromatic rings. The smallest absolute Gasteiger partial charge is 0.251 e. The lowest BCUT2D eigenvalue weighted by atomic mass is 10.1. The Labute approximate surface area is 91.0 Å². The van der Waals surface area contributed by atoms with Crippen molar-refractivity contribution in [1.29, 1.82) is 0 Å². The highest BCUT2D eigenvalue weighted by Crippen LogP contribution is 2.23. The third-order valence-electron chi connectivity index (χ3n) is 3.27. The molecule has 1 amide bonds. The third-order valence-corrected chi connectivity index (χ3v) is 3.27. The molecular weight excluding hydrogens is 192 g/mol. The van der Waals surface area contributed by atoms with Crippen molar-refractivity contribution in [2.45, 2.75) is 38.4 Å². The van der Waals surface area contributed by atoms with Crippen molar-refractivity contribution in [1.82, 2.24) is 10.2 Å². The van der Waals surface area contributed by atoms with Crippen LogP contribution in [0.5, 0.6) is 0 Å². The number of ether oxygens (including phenoxy) is 1. The van der Waals surface area contributed by atoms with E-state index in [4.69, 9.17) is 4.74 Å². The van der Waals surface area contributed by atoms with Gasteiger partial charge in [0.2, 0.25) is 0 Å². The molecule has 0 saturated carbocycles. The van der Waals surface area contributed by atoms with Gasteiger partial charge < -0.3 is 15.0 Å². The number of piperazine rings is 1. The number of amides is 1. The van der Waals surface area contributed by atoms with E-state index in [1.807, 2.05) is 4.90 Å². The highest BCUT2D eigenvalue weighted by molar-refractivity contribution is 5.81. The maximum atomic E-state index is 12.0. The molecule has 0 aliphatic carbocycles. The van der Waals surface area contributed by atoms with Crippen molar-refractivity contribution in [3.63, 3.8) is 0 Å². The summed E-state index contributed by atoms with van der Waals surface area (Å²) in [7, 11) is 0. The van der Waals surface area contributed by atoms with Gasteiger partial charge in [-0.15, -0.1) is 0 Å². The number of nitrogens with one attached hydrogen (secondary N) is 1. The minimum absolute atomic E-state index is 0.159. The summed E-state index contributed by atoms with van der Waals surface area (Å²) in [5, 5.41) is 3.25. The van der Waals surface area contributed by atoms with Gasteiger partial charge in [-0.2, -0.15) is 0 Å². The first kappa shape index (κ1) is 10.9. The lowest BCUT2D eigenvalue weighted by molar-refractivity contribution is -0.143. The monoisotopic (exact) mass is 212 g/mol. The first-order chi connectivity index (χ1) is 7.31. The number of rotatable bonds is 2. The fourth-order valence-electron chi connectivity index (χ4n) is 2.28. The van der Waals surface area contributed by atoms with Gasteiger partial charge in [0.15, 0.2) is 0 Å². The van der Waals surface area contributed by atoms with Crippen LogP contribution in [-0.4, -0.2) is 49.2 Å². The van der Waals surface area contributed by atoms with E-state index in [0.717, 1.165) is 45.4 Å². The van der Waals surface area contributed by atoms with Crippen molar-refractivity contribution in [2.75, 3.05) is 26.2 Å². The van der Waals surface area contributed by atoms with Crippen LogP contribution in [0, 0.1) is 0 Å². The van der Waals surface area contributed by atoms with Crippen LogP contribution in [0.1, 0.15) is 26.2 Å². The minimum atomic E-state index is -0.159. The molecule has 0 spiro atoms. The molecule has 2 unspecified atom stereocenters. The summed E-state index contributed by atoms with van der Waals surface area (Å²) in [5.41, 5.74) is 0. The molecule has 1 N–H and O–H groups in total. The first-order valence-corrected chi connectivity index (χ1v) is 5.96. The van der Waals surface area contributed by atoms with E-state index in [2.05, 4.69) is 12.2 Å². The van der Waals surface area contributed by atoms with Crippen LogP contribution in [0.3, 0.4) is 0 Å². The molecule has 0 radical (unpaired) electrons. The SMILES string of the molecule is CCC1CCC(C(=O)N2CCNCC2)O1. The molecule has 2 rings (SSSR count). The molecule has 2 atom stereocenters. The van der Waals surface area contributed by atoms with Crippen LogP contribution in [0.2, 0.25) is 0 Å². The number of hydrogen-bond donors (Lipinski definition) is 1. The molecule has 2 aliphatic heterocycles. The van der Waals surface area contributed by atoms with E-state index >= 15 is 0 Å². The summed E-state index contributed by atoms with van der Waals surface area (Å²) in [6, 6.07) is 0. The van der Waals surface area contributed by atoms with Gasteiger partial charge in [-0.1, -0.05) is 6.92 Å². The highest BCUT2D eigenvalue weighted by Gasteiger charge is 2.32. The van der Waals surface area contributed by atoms with Gasteiger partial charge in [0, 0.05) is 26.2 Å². The average molecular weight is 212 g/mol. The molecule has 2 heterocycles. The number of carbonyl (C=O) groups excluding carboxylic acids is 1. The van der Waals surface area contributed by atoms with Gasteiger partial charge in [0.1, 0.15) is 6.10 Å². The second kappa shape index (κ2) is 4.94. The second-order valence-electron chi connectivity index (χ2n) is 4.31. The van der Waals surface area contributed by atoms with Crippen molar-refractivity contribution in [2.24, 2.45) is 0 Å². The zero-order valence-electron chi connectivity index (χ0n) is 9.37. The van der Waals surface area contributed by atoms with Crippen molar-refractivity contribution >= 4 is 5.91 Å². The zero-order valence-corrected chi connectivity index (χ0v) is 9.37. The molecular formula is C11H20N2O2. The number of hydrogen-bond acceptors (Lipinski definition) is 3. The Kier molecular flexibility index (Phi) is 3.59. The van der Waals surface area contributed by atoms with Gasteiger partial charge in [-0.25, -0.2) is 0 Å². The molecule has 2 saturated heterocycles. The average Bonchev–Trinajstić information content (AvgIpc) is 2.78. The molecule has 86 valence electrons. The third kappa shape index (κ3) is 2.49. The highest BCUT2D eigenvalue weighted by atomic mass is 16.5. The minimum Gasteiger partial charge on any atom is -0.365 e. The topological polar surface area (TPSA) is 41.6 Å². The van der Waals surface area contributed by atoms with Gasteiger partial charge in [-0.05, 0) is 19.3 Å². The number of carbonyl (C=O) groups is 1. The molecule has 15 heavy (non-hydrogen) atoms. The summed E-state index contributed by atoms with van der Waals surface area (Å²) >= 11 is 0. The van der Waals surface area contributed by atoms with E-state index in [9.17, 15) is 4.79 Å². The van der Waals surface area contributed by atoms with Crippen molar-refractivity contribution < 1.29 is 9.53 Å². The fraction of sp³-hybridized carbons (Fsp3) is 0.909. The van der Waals surface area contributed by atoms with Crippen LogP contribution in [0.25, 0.3) is 0 Å². The van der Waals surface area contributed by atoms with E-state index in [1.165, 1.54) is 0 Å². The maximum Gasteiger partial charge on any atom is 0.251 e. The lowest BCUT2D eigenvalue weighted by Gasteiger charge is -2.29. The molecule has 0 aromatic heterocycles. The molecule has 2 aliphatic rings. The predicted molar refractivity (Wildman–Crippen MR) is 57.6 cm³/mol. The molecule has 2 fully saturated rings. The van der Waals surface area contributed by atoms with Crippen LogP contribution < -0.4 is 5.32 Å². The van der Waals surface area contributed by atoms with E-state index < -0.39 is 0 Å². The Morgan fingerprint density at radius 3 is 2.73 bits per heavy atom. The Morgan fingerprint density at radius 2 is 2.13 bits per heavy atom. The Hall–Kier alpha value is -0.610. The first-order valence-electron chi connectivity index (χ1n) is 5.96. The number of nitrogens with zero attached hydrogens (tertiary/aromatic N) is 1. The molecule has 0 aromatic carbocycles. The Bertz CT molecular complexity index is 227. The van der Waals surface area contributed by atoms with E-state index in [0.29, 0.717) is 6.10 Å². The fourth-order valence-corrected chi connectivity index (χ4v) is 2.28. The lowest BCUT2D eigenvalue weighted by Crippen LogP contribution is -2.49. The summed E-state index contributed by atoms with van der Waals surface area (Å²) in [6.07, 6.45) is 3.11. The van der Waals surface area contributed by atoms with Gasteiger partial charge in [0.05, 0.1) is 6.10 Å². The van der Waals surface area contributed by atoms with Gasteiger partial charge >= 0.3 is 0 Å². The normalized spacial score (nSPS) is 31.9. The van der Waals surface area contributed by atoms with E-state index in [1.54, 1.807) is 0 Å². The van der Waals surface area contributed by atoms with Crippen LogP contribution in [0.15, 0.2) is 0 Å². The zero-order chi connectivity index (χ0) is 10.7. The summed E-state index contributed by atoms with van der Waals surface area (Å²) < 4.78 is 5.71. The molecule has 4 nitrogen and oxygen atoms in total. The second-order valence-corrected chi connectivity index (χ2v) is 4.31. The van der Waals surface area contributed by atoms with Crippen LogP contribution in [-0.2, 0) is 9.53 Å². The van der Waals surface area contributed by atoms with Crippen molar-refractivity contribution in [3.05, 3.63) is 0 Å². The summed E-state index contributed by atoms with van der Waals surface area (Å²) in [5.74, 6) is 0.201. The van der Waals surface area contributed by atoms with Crippen LogP contribution in [0.4, 0.5) is 0 Å². The van der Waals surface area contributed by atoms with E-state index in [-0.39, 0.29) is 12.0 Å². The standard InChI is InChI=1S/C11H20N2O2/c1-2-9-3-4-10(15-9)11(14)13-7-5-12-6-8-13/h9-10,12H,2-8H2,1H3.